The van der Waals surface area contributed by atoms with Gasteiger partial charge in [0, 0.05) is 78.9 Å². The molecule has 0 aromatic rings. The number of ether oxygens (including phenoxy) is 12. The van der Waals surface area contributed by atoms with Crippen LogP contribution in [0.25, 0.3) is 0 Å². The standard InChI is InChI=1S/C41H88N4O13/c1-41(45,46)37(13-10-18-54-30-34-58-26-22-50-5)40(44)36(12-9-17-53-29-33-57-25-21-49-4)39(43)35(11-8-16-52-28-32-56-24-20-48-3)38(42)14-6-7-15-51-27-31-55-23-19-47-2/h35-40,46H,6-34,42-45H2,1-5H3. The lowest BCUT2D eigenvalue weighted by molar-refractivity contribution is -0.0300. The van der Waals surface area contributed by atoms with E-state index in [9.17, 15) is 5.11 Å². The van der Waals surface area contributed by atoms with Crippen LogP contribution in [0.5, 0.6) is 0 Å². The molecule has 17 heteroatoms. The molecule has 0 aliphatic carbocycles. The van der Waals surface area contributed by atoms with Crippen molar-refractivity contribution in [3.63, 3.8) is 0 Å². The van der Waals surface area contributed by atoms with Gasteiger partial charge < -0.3 is 84.9 Å². The number of aliphatic hydroxyl groups is 1. The SMILES string of the molecule is COCCOCCOCCCCC(N)C(CCCOCCOCCOC)C(N)C(CCCOCCOCCOC)C(N)C(CCCOCCOCCOC)C(C)(N)O. The lowest BCUT2D eigenvalue weighted by atomic mass is 9.70. The summed E-state index contributed by atoms with van der Waals surface area (Å²) in [6.07, 6.45) is 6.67. The highest BCUT2D eigenvalue weighted by molar-refractivity contribution is 4.96. The predicted octanol–water partition coefficient (Wildman–Crippen LogP) is 1.71. The molecule has 0 rings (SSSR count). The molecular weight excluding hydrogens is 756 g/mol. The summed E-state index contributed by atoms with van der Waals surface area (Å²) < 4.78 is 65.5. The van der Waals surface area contributed by atoms with E-state index in [1.54, 1.807) is 35.4 Å². The van der Waals surface area contributed by atoms with Crippen LogP contribution in [0.2, 0.25) is 0 Å². The maximum absolute atomic E-state index is 11.3. The van der Waals surface area contributed by atoms with Crippen LogP contribution < -0.4 is 22.9 Å². The molecule has 350 valence electrons. The lowest BCUT2D eigenvalue weighted by Crippen LogP contribution is -2.59. The van der Waals surface area contributed by atoms with Gasteiger partial charge in [-0.3, -0.25) is 0 Å². The Morgan fingerprint density at radius 2 is 0.690 bits per heavy atom. The maximum atomic E-state index is 11.3. The average Bonchev–Trinajstić information content (AvgIpc) is 3.20. The van der Waals surface area contributed by atoms with E-state index >= 15 is 0 Å². The number of hydrogen-bond donors (Lipinski definition) is 5. The van der Waals surface area contributed by atoms with Crippen molar-refractivity contribution in [2.24, 2.45) is 40.7 Å². The lowest BCUT2D eigenvalue weighted by Gasteiger charge is -2.43. The molecule has 58 heavy (non-hydrogen) atoms. The van der Waals surface area contributed by atoms with Gasteiger partial charge in [0.05, 0.1) is 106 Å². The number of hydrogen-bond acceptors (Lipinski definition) is 17. The summed E-state index contributed by atoms with van der Waals surface area (Å²) in [6.45, 7) is 12.1. The van der Waals surface area contributed by atoms with E-state index < -0.39 is 17.7 Å². The smallest absolute Gasteiger partial charge is 0.115 e. The van der Waals surface area contributed by atoms with E-state index in [-0.39, 0.29) is 23.9 Å². The van der Waals surface area contributed by atoms with Gasteiger partial charge in [-0.15, -0.1) is 0 Å². The third kappa shape index (κ3) is 33.0. The van der Waals surface area contributed by atoms with Crippen molar-refractivity contribution in [2.75, 3.05) is 161 Å². The van der Waals surface area contributed by atoms with Gasteiger partial charge in [0.25, 0.3) is 0 Å². The minimum absolute atomic E-state index is 0.0624. The van der Waals surface area contributed by atoms with Gasteiger partial charge in [-0.1, -0.05) is 0 Å². The Morgan fingerprint density at radius 1 is 0.379 bits per heavy atom. The number of rotatable bonds is 47. The molecule has 0 saturated heterocycles. The third-order valence-electron chi connectivity index (χ3n) is 10.00. The summed E-state index contributed by atoms with van der Waals surface area (Å²) >= 11 is 0. The van der Waals surface area contributed by atoms with E-state index in [1.807, 2.05) is 0 Å². The fraction of sp³-hybridized carbons (Fsp3) is 1.00. The number of methoxy groups -OCH3 is 4. The first-order valence-corrected chi connectivity index (χ1v) is 21.5. The Labute approximate surface area is 351 Å². The Kier molecular flexibility index (Phi) is 41.2. The molecule has 7 atom stereocenters. The number of unbranched alkanes of at least 4 members (excludes halogenated alkanes) is 1. The molecule has 7 unspecified atom stereocenters. The molecule has 0 saturated carbocycles. The first-order valence-electron chi connectivity index (χ1n) is 21.5. The monoisotopic (exact) mass is 845 g/mol. The van der Waals surface area contributed by atoms with E-state index in [0.29, 0.717) is 151 Å². The average molecular weight is 845 g/mol. The van der Waals surface area contributed by atoms with Crippen molar-refractivity contribution in [1.82, 2.24) is 0 Å². The van der Waals surface area contributed by atoms with Crippen molar-refractivity contribution in [3.05, 3.63) is 0 Å². The zero-order chi connectivity index (χ0) is 43.0. The van der Waals surface area contributed by atoms with Crippen LogP contribution in [0, 0.1) is 17.8 Å². The second-order valence-corrected chi connectivity index (χ2v) is 14.8. The molecule has 0 aliphatic rings. The number of nitrogens with two attached hydrogens (primary N) is 4. The Balaban J connectivity index is 5.74. The molecule has 0 spiro atoms. The van der Waals surface area contributed by atoms with E-state index in [2.05, 4.69) is 0 Å². The minimum atomic E-state index is -1.54. The third-order valence-corrected chi connectivity index (χ3v) is 10.00. The van der Waals surface area contributed by atoms with E-state index in [0.717, 1.165) is 38.5 Å². The van der Waals surface area contributed by atoms with E-state index in [4.69, 9.17) is 79.8 Å². The van der Waals surface area contributed by atoms with Crippen molar-refractivity contribution >= 4 is 0 Å². The van der Waals surface area contributed by atoms with Crippen molar-refractivity contribution < 1.29 is 61.9 Å². The van der Waals surface area contributed by atoms with Gasteiger partial charge in [0.1, 0.15) is 5.72 Å². The van der Waals surface area contributed by atoms with Gasteiger partial charge in [0.15, 0.2) is 0 Å². The zero-order valence-electron chi connectivity index (χ0n) is 37.1. The predicted molar refractivity (Wildman–Crippen MR) is 225 cm³/mol. The molecule has 0 heterocycles. The van der Waals surface area contributed by atoms with Crippen LogP contribution >= 0.6 is 0 Å². The molecule has 9 N–H and O–H groups in total. The van der Waals surface area contributed by atoms with Gasteiger partial charge >= 0.3 is 0 Å². The van der Waals surface area contributed by atoms with Gasteiger partial charge in [0.2, 0.25) is 0 Å². The molecule has 0 amide bonds. The summed E-state index contributed by atoms with van der Waals surface area (Å²) in [6, 6.07) is -1.07. The Hall–Kier alpha value is -0.680. The fourth-order valence-corrected chi connectivity index (χ4v) is 6.73. The second-order valence-electron chi connectivity index (χ2n) is 14.8. The minimum Gasteiger partial charge on any atom is -0.382 e. The van der Waals surface area contributed by atoms with Crippen LogP contribution in [-0.2, 0) is 56.8 Å². The quantitative estimate of drug-likeness (QED) is 0.0433. The Bertz CT molecular complexity index is 837. The molecule has 0 fully saturated rings. The highest BCUT2D eigenvalue weighted by Crippen LogP contribution is 2.33. The van der Waals surface area contributed by atoms with Crippen LogP contribution in [0.4, 0.5) is 0 Å². The van der Waals surface area contributed by atoms with E-state index in [1.165, 1.54) is 0 Å². The summed E-state index contributed by atoms with van der Waals surface area (Å²) in [5.41, 5.74) is 26.4. The van der Waals surface area contributed by atoms with Crippen LogP contribution in [0.3, 0.4) is 0 Å². The maximum Gasteiger partial charge on any atom is 0.115 e. The van der Waals surface area contributed by atoms with Crippen LogP contribution in [-0.4, -0.2) is 190 Å². The first kappa shape index (κ1) is 57.3. The van der Waals surface area contributed by atoms with Crippen molar-refractivity contribution in [2.45, 2.75) is 88.6 Å². The zero-order valence-corrected chi connectivity index (χ0v) is 37.1. The fourth-order valence-electron chi connectivity index (χ4n) is 6.73. The highest BCUT2D eigenvalue weighted by Gasteiger charge is 2.41. The largest absolute Gasteiger partial charge is 0.382 e. The molecule has 0 bridgehead atoms. The molecule has 0 aromatic heterocycles. The molecular formula is C41H88N4O13. The normalized spacial score (nSPS) is 16.2. The summed E-state index contributed by atoms with van der Waals surface area (Å²) in [5.74, 6) is -0.717. The van der Waals surface area contributed by atoms with Gasteiger partial charge in [-0.2, -0.15) is 0 Å². The van der Waals surface area contributed by atoms with Crippen LogP contribution in [0.15, 0.2) is 0 Å². The van der Waals surface area contributed by atoms with Crippen molar-refractivity contribution in [1.29, 1.82) is 0 Å². The summed E-state index contributed by atoms with van der Waals surface area (Å²) in [5, 5.41) is 11.3. The Morgan fingerprint density at radius 3 is 1.05 bits per heavy atom. The van der Waals surface area contributed by atoms with Crippen LogP contribution in [0.1, 0.15) is 64.7 Å². The molecule has 17 nitrogen and oxygen atoms in total. The molecule has 0 aromatic carbocycles. The van der Waals surface area contributed by atoms with Gasteiger partial charge in [-0.05, 0) is 76.5 Å². The highest BCUT2D eigenvalue weighted by atomic mass is 16.6. The topological polar surface area (TPSA) is 235 Å². The second kappa shape index (κ2) is 41.7. The summed E-state index contributed by atoms with van der Waals surface area (Å²) in [7, 11) is 6.58. The molecule has 0 aliphatic heterocycles. The first-order chi connectivity index (χ1) is 28.1. The van der Waals surface area contributed by atoms with Gasteiger partial charge in [-0.25, -0.2) is 0 Å². The molecule has 0 radical (unpaired) electrons. The summed E-state index contributed by atoms with van der Waals surface area (Å²) in [4.78, 5) is 0. The van der Waals surface area contributed by atoms with Crippen molar-refractivity contribution in [3.8, 4) is 0 Å².